The molecule has 0 amide bonds. The number of sulfone groups is 1. The quantitative estimate of drug-likeness (QED) is 0.844. The van der Waals surface area contributed by atoms with E-state index in [1.807, 2.05) is 18.7 Å². The predicted molar refractivity (Wildman–Crippen MR) is 69.8 cm³/mol. The van der Waals surface area contributed by atoms with Crippen molar-refractivity contribution in [3.8, 4) is 5.75 Å². The molecular formula is C12H17NO5S. The van der Waals surface area contributed by atoms with E-state index in [1.165, 1.54) is 6.07 Å². The third-order valence-corrected chi connectivity index (χ3v) is 5.27. The fraction of sp³-hybridized carbons (Fsp3) is 0.583. The summed E-state index contributed by atoms with van der Waals surface area (Å²) in [4.78, 5) is 13.3. The van der Waals surface area contributed by atoms with E-state index in [0.29, 0.717) is 18.8 Å². The van der Waals surface area contributed by atoms with Gasteiger partial charge in [-0.3, -0.25) is 9.69 Å². The molecule has 0 unspecified atom stereocenters. The molecule has 1 fully saturated rings. The lowest BCUT2D eigenvalue weighted by atomic mass is 10.1. The molecular weight excluding hydrogens is 270 g/mol. The summed E-state index contributed by atoms with van der Waals surface area (Å²) in [5.41, 5.74) is -1.00. The minimum absolute atomic E-state index is 0.0856. The summed E-state index contributed by atoms with van der Waals surface area (Å²) in [6.07, 6.45) is 1.01. The maximum atomic E-state index is 11.6. The Bertz CT molecular complexity index is 632. The van der Waals surface area contributed by atoms with Crippen LogP contribution < -0.4 is 5.43 Å². The lowest BCUT2D eigenvalue weighted by Gasteiger charge is -2.41. The minimum atomic E-state index is -3.00. The highest BCUT2D eigenvalue weighted by atomic mass is 32.2. The van der Waals surface area contributed by atoms with Gasteiger partial charge in [0, 0.05) is 18.2 Å². The van der Waals surface area contributed by atoms with E-state index in [4.69, 9.17) is 9.52 Å². The fourth-order valence-corrected chi connectivity index (χ4v) is 4.16. The molecule has 7 heteroatoms. The van der Waals surface area contributed by atoms with Gasteiger partial charge in [0.15, 0.2) is 15.6 Å². The molecule has 2 heterocycles. The number of hydrogen-bond donors (Lipinski definition) is 1. The first-order valence-electron chi connectivity index (χ1n) is 5.96. The summed E-state index contributed by atoms with van der Waals surface area (Å²) in [5.74, 6) is 0.181. The number of nitrogens with zero attached hydrogens (tertiary/aromatic N) is 1. The molecule has 1 aliphatic heterocycles. The van der Waals surface area contributed by atoms with Crippen LogP contribution in [0.2, 0.25) is 0 Å². The molecule has 1 saturated heterocycles. The summed E-state index contributed by atoms with van der Waals surface area (Å²) in [6.45, 7) is 4.45. The van der Waals surface area contributed by atoms with Crippen molar-refractivity contribution in [1.29, 1.82) is 0 Å². The maximum Gasteiger partial charge on any atom is 0.226 e. The average Bonchev–Trinajstić information content (AvgIpc) is 2.26. The number of hydrogen-bond acceptors (Lipinski definition) is 6. The van der Waals surface area contributed by atoms with Crippen LogP contribution in [0, 0.1) is 0 Å². The van der Waals surface area contributed by atoms with Gasteiger partial charge in [0.1, 0.15) is 12.0 Å². The Hall–Kier alpha value is -1.34. The molecule has 19 heavy (non-hydrogen) atoms. The molecule has 2 rings (SSSR count). The molecule has 0 radical (unpaired) electrons. The molecule has 0 aliphatic carbocycles. The summed E-state index contributed by atoms with van der Waals surface area (Å²) in [6, 6.07) is 1.23. The van der Waals surface area contributed by atoms with Crippen LogP contribution in [0.15, 0.2) is 21.5 Å². The van der Waals surface area contributed by atoms with E-state index in [1.54, 1.807) is 0 Å². The van der Waals surface area contributed by atoms with Crippen LogP contribution in [0.3, 0.4) is 0 Å². The Labute approximate surface area is 111 Å². The summed E-state index contributed by atoms with van der Waals surface area (Å²) in [7, 11) is -3.00. The second kappa shape index (κ2) is 4.64. The van der Waals surface area contributed by atoms with Gasteiger partial charge in [0.25, 0.3) is 0 Å². The van der Waals surface area contributed by atoms with Gasteiger partial charge in [0.2, 0.25) is 5.43 Å². The van der Waals surface area contributed by atoms with Crippen LogP contribution in [0.5, 0.6) is 5.75 Å². The Balaban J connectivity index is 2.19. The lowest BCUT2D eigenvalue weighted by molar-refractivity contribution is 0.120. The van der Waals surface area contributed by atoms with Crippen LogP contribution in [-0.2, 0) is 16.4 Å². The summed E-state index contributed by atoms with van der Waals surface area (Å²) < 4.78 is 28.4. The zero-order valence-corrected chi connectivity index (χ0v) is 11.7. The molecule has 0 atom stereocenters. The smallest absolute Gasteiger partial charge is 0.226 e. The Morgan fingerprint density at radius 2 is 2.16 bits per heavy atom. The topological polar surface area (TPSA) is 87.8 Å². The highest BCUT2D eigenvalue weighted by Crippen LogP contribution is 2.24. The van der Waals surface area contributed by atoms with Crippen LogP contribution in [0.4, 0.5) is 0 Å². The van der Waals surface area contributed by atoms with Crippen molar-refractivity contribution in [2.75, 3.05) is 18.1 Å². The van der Waals surface area contributed by atoms with Crippen molar-refractivity contribution < 1.29 is 17.9 Å². The zero-order chi connectivity index (χ0) is 14.3. The molecule has 0 bridgehead atoms. The monoisotopic (exact) mass is 287 g/mol. The molecule has 0 aromatic carbocycles. The Morgan fingerprint density at radius 3 is 2.74 bits per heavy atom. The van der Waals surface area contributed by atoms with E-state index in [2.05, 4.69) is 0 Å². The molecule has 1 N–H and O–H groups in total. The highest BCUT2D eigenvalue weighted by molar-refractivity contribution is 7.91. The van der Waals surface area contributed by atoms with Crippen molar-refractivity contribution in [1.82, 2.24) is 4.90 Å². The minimum Gasteiger partial charge on any atom is -0.502 e. The SMILES string of the molecule is CC1(C)CS(=O)(=O)CCN1Cc1cc(=O)c(O)co1. The first kappa shape index (κ1) is 14.1. The van der Waals surface area contributed by atoms with Crippen LogP contribution >= 0.6 is 0 Å². The molecule has 6 nitrogen and oxygen atoms in total. The van der Waals surface area contributed by atoms with Gasteiger partial charge in [0.05, 0.1) is 18.1 Å². The fourth-order valence-electron chi connectivity index (χ4n) is 2.26. The second-order valence-corrected chi connectivity index (χ2v) is 7.61. The molecule has 1 aromatic heterocycles. The van der Waals surface area contributed by atoms with E-state index < -0.39 is 26.6 Å². The Kier molecular flexibility index (Phi) is 3.44. The maximum absolute atomic E-state index is 11.6. The van der Waals surface area contributed by atoms with Gasteiger partial charge >= 0.3 is 0 Å². The third kappa shape index (κ3) is 3.16. The zero-order valence-electron chi connectivity index (χ0n) is 10.9. The van der Waals surface area contributed by atoms with Crippen molar-refractivity contribution in [2.24, 2.45) is 0 Å². The number of rotatable bonds is 2. The highest BCUT2D eigenvalue weighted by Gasteiger charge is 2.37. The molecule has 1 aliphatic rings. The van der Waals surface area contributed by atoms with E-state index >= 15 is 0 Å². The van der Waals surface area contributed by atoms with Gasteiger partial charge in [-0.25, -0.2) is 8.42 Å². The molecule has 1 aromatic rings. The molecule has 106 valence electrons. The lowest BCUT2D eigenvalue weighted by Crippen LogP contribution is -2.54. The first-order valence-corrected chi connectivity index (χ1v) is 7.78. The van der Waals surface area contributed by atoms with Crippen molar-refractivity contribution in [2.45, 2.75) is 25.9 Å². The number of aromatic hydroxyl groups is 1. The molecule has 0 saturated carbocycles. The van der Waals surface area contributed by atoms with Gasteiger partial charge in [-0.2, -0.15) is 0 Å². The average molecular weight is 287 g/mol. The first-order chi connectivity index (χ1) is 8.70. The molecule has 0 spiro atoms. The van der Waals surface area contributed by atoms with E-state index in [-0.39, 0.29) is 11.5 Å². The second-order valence-electron chi connectivity index (χ2n) is 5.42. The van der Waals surface area contributed by atoms with Gasteiger partial charge in [-0.1, -0.05) is 0 Å². The normalized spacial score (nSPS) is 22.2. The summed E-state index contributed by atoms with van der Waals surface area (Å²) in [5, 5.41) is 9.12. The van der Waals surface area contributed by atoms with Crippen LogP contribution in [0.25, 0.3) is 0 Å². The van der Waals surface area contributed by atoms with Crippen LogP contribution in [0.1, 0.15) is 19.6 Å². The van der Waals surface area contributed by atoms with Gasteiger partial charge in [-0.15, -0.1) is 0 Å². The van der Waals surface area contributed by atoms with Gasteiger partial charge in [-0.05, 0) is 13.8 Å². The van der Waals surface area contributed by atoms with E-state index in [0.717, 1.165) is 6.26 Å². The van der Waals surface area contributed by atoms with Gasteiger partial charge < -0.3 is 9.52 Å². The predicted octanol–water partition coefficient (Wildman–Crippen LogP) is 0.354. The van der Waals surface area contributed by atoms with Crippen LogP contribution in [-0.4, -0.2) is 42.0 Å². The van der Waals surface area contributed by atoms with E-state index in [9.17, 15) is 13.2 Å². The largest absolute Gasteiger partial charge is 0.502 e. The van der Waals surface area contributed by atoms with Crippen molar-refractivity contribution >= 4 is 9.84 Å². The third-order valence-electron chi connectivity index (χ3n) is 3.31. The van der Waals surface area contributed by atoms with Crippen molar-refractivity contribution in [3.05, 3.63) is 28.3 Å². The Morgan fingerprint density at radius 1 is 1.47 bits per heavy atom. The standard InChI is InChI=1S/C12H17NO5S/c1-12(2)8-19(16,17)4-3-13(12)6-9-5-10(14)11(15)7-18-9/h5,7,15H,3-4,6,8H2,1-2H3. The van der Waals surface area contributed by atoms with Crippen molar-refractivity contribution in [3.63, 3.8) is 0 Å². The summed E-state index contributed by atoms with van der Waals surface area (Å²) >= 11 is 0.